The summed E-state index contributed by atoms with van der Waals surface area (Å²) in [5, 5.41) is 0. The summed E-state index contributed by atoms with van der Waals surface area (Å²) >= 11 is 0. The molecule has 0 spiro atoms. The number of nitrogens with two attached hydrogens (primary N) is 1. The molecule has 0 saturated carbocycles. The smallest absolute Gasteiger partial charge is 0.0757 e. The van der Waals surface area contributed by atoms with Gasteiger partial charge in [-0.25, -0.2) is 0 Å². The molecule has 0 aliphatic carbocycles. The van der Waals surface area contributed by atoms with Crippen molar-refractivity contribution in [3.8, 4) is 0 Å². The SMILES string of the molecule is C=C(C)CC(N)c1cnccn1. The molecule has 1 rings (SSSR count). The summed E-state index contributed by atoms with van der Waals surface area (Å²) in [4.78, 5) is 8.04. The summed E-state index contributed by atoms with van der Waals surface area (Å²) in [5.74, 6) is 0. The standard InChI is InChI=1S/C9H13N3/c1-7(2)5-8(10)9-6-11-3-4-12-9/h3-4,6,8H,1,5,10H2,2H3. The minimum absolute atomic E-state index is 0.0730. The molecular weight excluding hydrogens is 150 g/mol. The summed E-state index contributed by atoms with van der Waals surface area (Å²) in [6, 6.07) is -0.0730. The van der Waals surface area contributed by atoms with Crippen molar-refractivity contribution in [3.05, 3.63) is 36.4 Å². The Morgan fingerprint density at radius 3 is 2.92 bits per heavy atom. The van der Waals surface area contributed by atoms with Gasteiger partial charge in [0.2, 0.25) is 0 Å². The molecule has 3 nitrogen and oxygen atoms in total. The molecule has 1 atom stereocenters. The fourth-order valence-electron chi connectivity index (χ4n) is 0.982. The normalized spacial score (nSPS) is 12.5. The van der Waals surface area contributed by atoms with Crippen LogP contribution in [0.15, 0.2) is 30.7 Å². The van der Waals surface area contributed by atoms with Crippen LogP contribution in [-0.4, -0.2) is 9.97 Å². The van der Waals surface area contributed by atoms with Crippen LogP contribution in [0.2, 0.25) is 0 Å². The van der Waals surface area contributed by atoms with Crippen molar-refractivity contribution < 1.29 is 0 Å². The lowest BCUT2D eigenvalue weighted by molar-refractivity contribution is 0.687. The molecule has 12 heavy (non-hydrogen) atoms. The third-order valence-corrected chi connectivity index (χ3v) is 1.53. The highest BCUT2D eigenvalue weighted by Crippen LogP contribution is 2.13. The molecule has 0 aliphatic rings. The Balaban J connectivity index is 2.65. The van der Waals surface area contributed by atoms with Crippen LogP contribution in [-0.2, 0) is 0 Å². The lowest BCUT2D eigenvalue weighted by atomic mass is 10.1. The molecule has 0 radical (unpaired) electrons. The highest BCUT2D eigenvalue weighted by molar-refractivity contribution is 5.05. The van der Waals surface area contributed by atoms with Gasteiger partial charge in [-0.2, -0.15) is 0 Å². The Morgan fingerprint density at radius 1 is 1.67 bits per heavy atom. The van der Waals surface area contributed by atoms with Gasteiger partial charge >= 0.3 is 0 Å². The Labute approximate surface area is 72.3 Å². The lowest BCUT2D eigenvalue weighted by Crippen LogP contribution is -2.12. The van der Waals surface area contributed by atoms with Gasteiger partial charge in [-0.05, 0) is 13.3 Å². The zero-order chi connectivity index (χ0) is 8.97. The van der Waals surface area contributed by atoms with Gasteiger partial charge in [0.15, 0.2) is 0 Å². The van der Waals surface area contributed by atoms with Gasteiger partial charge in [0.25, 0.3) is 0 Å². The molecule has 0 saturated heterocycles. The van der Waals surface area contributed by atoms with Crippen LogP contribution in [0, 0.1) is 0 Å². The molecule has 2 N–H and O–H groups in total. The minimum atomic E-state index is -0.0730. The maximum absolute atomic E-state index is 5.83. The van der Waals surface area contributed by atoms with E-state index in [0.717, 1.165) is 17.7 Å². The molecule has 64 valence electrons. The maximum atomic E-state index is 5.83. The third-order valence-electron chi connectivity index (χ3n) is 1.53. The molecule has 0 amide bonds. The molecule has 1 aromatic rings. The first-order valence-electron chi connectivity index (χ1n) is 3.86. The van der Waals surface area contributed by atoms with E-state index in [0.29, 0.717) is 0 Å². The molecule has 0 bridgehead atoms. The van der Waals surface area contributed by atoms with E-state index in [1.807, 2.05) is 6.92 Å². The lowest BCUT2D eigenvalue weighted by Gasteiger charge is -2.09. The summed E-state index contributed by atoms with van der Waals surface area (Å²) < 4.78 is 0. The van der Waals surface area contributed by atoms with Crippen molar-refractivity contribution in [3.63, 3.8) is 0 Å². The largest absolute Gasteiger partial charge is 0.322 e. The predicted octanol–water partition coefficient (Wildman–Crippen LogP) is 1.44. The van der Waals surface area contributed by atoms with E-state index in [1.165, 1.54) is 0 Å². The van der Waals surface area contributed by atoms with Crippen LogP contribution in [0.3, 0.4) is 0 Å². The van der Waals surface area contributed by atoms with Crippen LogP contribution in [0.4, 0.5) is 0 Å². The molecule has 3 heteroatoms. The average molecular weight is 163 g/mol. The second-order valence-corrected chi connectivity index (χ2v) is 2.90. The zero-order valence-electron chi connectivity index (χ0n) is 7.20. The fraction of sp³-hybridized carbons (Fsp3) is 0.333. The van der Waals surface area contributed by atoms with E-state index in [9.17, 15) is 0 Å². The van der Waals surface area contributed by atoms with Crippen LogP contribution in [0.1, 0.15) is 25.1 Å². The third kappa shape index (κ3) is 2.43. The van der Waals surface area contributed by atoms with Crippen LogP contribution in [0.5, 0.6) is 0 Å². The number of hydrogen-bond donors (Lipinski definition) is 1. The molecule has 1 aromatic heterocycles. The number of aromatic nitrogens is 2. The van der Waals surface area contributed by atoms with E-state index in [4.69, 9.17) is 5.73 Å². The van der Waals surface area contributed by atoms with Gasteiger partial charge in [0.05, 0.1) is 11.7 Å². The summed E-state index contributed by atoms with van der Waals surface area (Å²) in [6.45, 7) is 5.75. The van der Waals surface area contributed by atoms with E-state index in [-0.39, 0.29) is 6.04 Å². The molecular formula is C9H13N3. The van der Waals surface area contributed by atoms with E-state index < -0.39 is 0 Å². The average Bonchev–Trinajstić information content (AvgIpc) is 2.05. The van der Waals surface area contributed by atoms with Gasteiger partial charge in [-0.3, -0.25) is 9.97 Å². The van der Waals surface area contributed by atoms with Crippen molar-refractivity contribution in [2.45, 2.75) is 19.4 Å². The number of rotatable bonds is 3. The van der Waals surface area contributed by atoms with E-state index in [1.54, 1.807) is 18.6 Å². The second-order valence-electron chi connectivity index (χ2n) is 2.90. The Hall–Kier alpha value is -1.22. The Morgan fingerprint density at radius 2 is 2.42 bits per heavy atom. The van der Waals surface area contributed by atoms with Crippen molar-refractivity contribution in [1.29, 1.82) is 0 Å². The Kier molecular flexibility index (Phi) is 2.94. The molecule has 0 aliphatic heterocycles. The molecule has 1 unspecified atom stereocenters. The Bertz CT molecular complexity index is 256. The highest BCUT2D eigenvalue weighted by atomic mass is 14.8. The van der Waals surface area contributed by atoms with Gasteiger partial charge in [0.1, 0.15) is 0 Å². The monoisotopic (exact) mass is 163 g/mol. The first-order chi connectivity index (χ1) is 5.70. The first-order valence-corrected chi connectivity index (χ1v) is 3.86. The fourth-order valence-corrected chi connectivity index (χ4v) is 0.982. The first kappa shape index (κ1) is 8.87. The molecule has 1 heterocycles. The van der Waals surface area contributed by atoms with Gasteiger partial charge in [-0.1, -0.05) is 5.57 Å². The zero-order valence-corrected chi connectivity index (χ0v) is 7.20. The summed E-state index contributed by atoms with van der Waals surface area (Å²) in [7, 11) is 0. The summed E-state index contributed by atoms with van der Waals surface area (Å²) in [5.41, 5.74) is 7.72. The van der Waals surface area contributed by atoms with Crippen LogP contribution in [0.25, 0.3) is 0 Å². The number of nitrogens with zero attached hydrogens (tertiary/aromatic N) is 2. The topological polar surface area (TPSA) is 51.8 Å². The quantitative estimate of drug-likeness (QED) is 0.686. The summed E-state index contributed by atoms with van der Waals surface area (Å²) in [6.07, 6.45) is 5.73. The van der Waals surface area contributed by atoms with Crippen molar-refractivity contribution in [2.24, 2.45) is 5.73 Å². The van der Waals surface area contributed by atoms with Crippen molar-refractivity contribution >= 4 is 0 Å². The highest BCUT2D eigenvalue weighted by Gasteiger charge is 2.06. The van der Waals surface area contributed by atoms with Gasteiger partial charge < -0.3 is 5.73 Å². The molecule has 0 fully saturated rings. The maximum Gasteiger partial charge on any atom is 0.0757 e. The van der Waals surface area contributed by atoms with Crippen LogP contribution >= 0.6 is 0 Å². The van der Waals surface area contributed by atoms with Crippen molar-refractivity contribution in [2.75, 3.05) is 0 Å². The van der Waals surface area contributed by atoms with Gasteiger partial charge in [-0.15, -0.1) is 6.58 Å². The van der Waals surface area contributed by atoms with Gasteiger partial charge in [0, 0.05) is 18.6 Å². The van der Waals surface area contributed by atoms with E-state index >= 15 is 0 Å². The number of hydrogen-bond acceptors (Lipinski definition) is 3. The van der Waals surface area contributed by atoms with Crippen molar-refractivity contribution in [1.82, 2.24) is 9.97 Å². The van der Waals surface area contributed by atoms with E-state index in [2.05, 4.69) is 16.5 Å². The van der Waals surface area contributed by atoms with Crippen LogP contribution < -0.4 is 5.73 Å². The predicted molar refractivity (Wildman–Crippen MR) is 48.4 cm³/mol. The molecule has 0 aromatic carbocycles. The second kappa shape index (κ2) is 3.97. The minimum Gasteiger partial charge on any atom is -0.322 e.